The lowest BCUT2D eigenvalue weighted by molar-refractivity contribution is 1.06. The minimum Gasteiger partial charge on any atom is -0.361 e. The molecule has 0 aliphatic heterocycles. The molecule has 0 saturated heterocycles. The zero-order chi connectivity index (χ0) is 13.2. The van der Waals surface area contributed by atoms with E-state index < -0.39 is 0 Å². The van der Waals surface area contributed by atoms with Crippen LogP contribution in [0.25, 0.3) is 22.3 Å². The Labute approximate surface area is 114 Å². The van der Waals surface area contributed by atoms with Gasteiger partial charge in [0.05, 0.1) is 5.69 Å². The molecule has 0 fully saturated rings. The molecule has 0 radical (unpaired) electrons. The van der Waals surface area contributed by atoms with E-state index in [9.17, 15) is 4.79 Å². The van der Waals surface area contributed by atoms with Gasteiger partial charge in [0.2, 0.25) is 0 Å². The highest BCUT2D eigenvalue weighted by Gasteiger charge is 2.05. The number of hydrogen-bond acceptors (Lipinski definition) is 3. The number of benzene rings is 1. The quantitative estimate of drug-likeness (QED) is 0.770. The molecule has 19 heavy (non-hydrogen) atoms. The monoisotopic (exact) mass is 271 g/mol. The maximum absolute atomic E-state index is 11.7. The molecule has 96 valence electrons. The predicted octanol–water partition coefficient (Wildman–Crippen LogP) is 2.78. The lowest BCUT2D eigenvalue weighted by atomic mass is 10.1. The molecule has 0 spiro atoms. The second kappa shape index (κ2) is 4.93. The summed E-state index contributed by atoms with van der Waals surface area (Å²) in [7, 11) is 0. The molecule has 0 amide bonds. The summed E-state index contributed by atoms with van der Waals surface area (Å²) in [6.45, 7) is 0. The number of aromatic amines is 2. The first-order valence-electron chi connectivity index (χ1n) is 5.93. The van der Waals surface area contributed by atoms with E-state index in [1.807, 2.05) is 36.7 Å². The van der Waals surface area contributed by atoms with Gasteiger partial charge in [-0.3, -0.25) is 4.79 Å². The Kier molecular flexibility index (Phi) is 3.13. The Balaban J connectivity index is 2.11. The number of nitrogens with one attached hydrogen (secondary N) is 2. The van der Waals surface area contributed by atoms with E-state index in [0.717, 1.165) is 27.9 Å². The fourth-order valence-electron chi connectivity index (χ4n) is 2.07. The van der Waals surface area contributed by atoms with Crippen LogP contribution in [-0.4, -0.2) is 21.2 Å². The Bertz CT molecular complexity index is 775. The van der Waals surface area contributed by atoms with E-state index in [4.69, 9.17) is 0 Å². The molecule has 3 aromatic rings. The number of H-pyrrole nitrogens is 2. The molecule has 0 unspecified atom stereocenters. The van der Waals surface area contributed by atoms with Crippen molar-refractivity contribution in [2.75, 3.05) is 6.26 Å². The smallest absolute Gasteiger partial charge is 0.251 e. The van der Waals surface area contributed by atoms with E-state index >= 15 is 0 Å². The third-order valence-corrected chi connectivity index (χ3v) is 3.50. The van der Waals surface area contributed by atoms with Crippen LogP contribution in [0.5, 0.6) is 0 Å². The van der Waals surface area contributed by atoms with Gasteiger partial charge in [-0.25, -0.2) is 4.98 Å². The molecule has 0 aliphatic rings. The molecule has 0 saturated carbocycles. The van der Waals surface area contributed by atoms with Crippen LogP contribution in [-0.2, 0) is 5.75 Å². The lowest BCUT2D eigenvalue weighted by Gasteiger charge is -2.04. The Morgan fingerprint density at radius 3 is 3.00 bits per heavy atom. The van der Waals surface area contributed by atoms with Gasteiger partial charge in [-0.15, -0.1) is 0 Å². The molecule has 0 aliphatic carbocycles. The first-order chi connectivity index (χ1) is 9.26. The average molecular weight is 271 g/mol. The number of hydrogen-bond donors (Lipinski definition) is 2. The van der Waals surface area contributed by atoms with E-state index in [2.05, 4.69) is 15.0 Å². The van der Waals surface area contributed by atoms with Crippen LogP contribution >= 0.6 is 11.8 Å². The van der Waals surface area contributed by atoms with Crippen LogP contribution in [0.15, 0.2) is 41.3 Å². The molecule has 2 aromatic heterocycles. The summed E-state index contributed by atoms with van der Waals surface area (Å²) in [6, 6.07) is 9.52. The molecule has 5 heteroatoms. The van der Waals surface area contributed by atoms with Crippen molar-refractivity contribution in [2.45, 2.75) is 5.75 Å². The van der Waals surface area contributed by atoms with Crippen molar-refractivity contribution in [1.29, 1.82) is 0 Å². The minimum absolute atomic E-state index is 0.108. The lowest BCUT2D eigenvalue weighted by Crippen LogP contribution is -2.09. The van der Waals surface area contributed by atoms with Crippen molar-refractivity contribution in [3.05, 3.63) is 52.6 Å². The van der Waals surface area contributed by atoms with Crippen molar-refractivity contribution < 1.29 is 0 Å². The van der Waals surface area contributed by atoms with Gasteiger partial charge >= 0.3 is 0 Å². The molecular weight excluding hydrogens is 258 g/mol. The summed E-state index contributed by atoms with van der Waals surface area (Å²) in [5.74, 6) is 1.36. The fourth-order valence-corrected chi connectivity index (χ4v) is 2.51. The Hall–Kier alpha value is -2.01. The second-order valence-corrected chi connectivity index (χ2v) is 5.16. The zero-order valence-electron chi connectivity index (χ0n) is 10.4. The zero-order valence-corrected chi connectivity index (χ0v) is 11.3. The van der Waals surface area contributed by atoms with Crippen LogP contribution < -0.4 is 5.56 Å². The molecule has 0 atom stereocenters. The van der Waals surface area contributed by atoms with Crippen molar-refractivity contribution in [2.24, 2.45) is 0 Å². The summed E-state index contributed by atoms with van der Waals surface area (Å²) in [4.78, 5) is 22.1. The van der Waals surface area contributed by atoms with Crippen LogP contribution in [0.4, 0.5) is 0 Å². The van der Waals surface area contributed by atoms with Gasteiger partial charge in [0.25, 0.3) is 5.56 Å². The van der Waals surface area contributed by atoms with Crippen LogP contribution in [0, 0.1) is 0 Å². The van der Waals surface area contributed by atoms with Gasteiger partial charge in [-0.2, -0.15) is 11.8 Å². The molecule has 2 N–H and O–H groups in total. The van der Waals surface area contributed by atoms with E-state index in [0.29, 0.717) is 5.82 Å². The highest BCUT2D eigenvalue weighted by molar-refractivity contribution is 7.97. The predicted molar refractivity (Wildman–Crippen MR) is 79.4 cm³/mol. The molecule has 2 heterocycles. The summed E-state index contributed by atoms with van der Waals surface area (Å²) < 4.78 is 0. The van der Waals surface area contributed by atoms with Crippen LogP contribution in [0.1, 0.15) is 5.69 Å². The maximum Gasteiger partial charge on any atom is 0.251 e. The molecule has 1 aromatic carbocycles. The standard InChI is InChI=1S/C14H13N3OS/c1-19-8-11-7-13(18)17-14(16-11)10-2-3-12-9(6-10)4-5-15-12/h2-7,15H,8H2,1H3,(H,16,17,18). The fraction of sp³-hybridized carbons (Fsp3) is 0.143. The van der Waals surface area contributed by atoms with E-state index in [1.165, 1.54) is 0 Å². The highest BCUT2D eigenvalue weighted by Crippen LogP contribution is 2.21. The van der Waals surface area contributed by atoms with Gasteiger partial charge in [0, 0.05) is 34.5 Å². The average Bonchev–Trinajstić information content (AvgIpc) is 2.85. The van der Waals surface area contributed by atoms with Crippen molar-refractivity contribution in [1.82, 2.24) is 15.0 Å². The molecule has 3 rings (SSSR count). The van der Waals surface area contributed by atoms with Crippen molar-refractivity contribution in [3.63, 3.8) is 0 Å². The maximum atomic E-state index is 11.7. The summed E-state index contributed by atoms with van der Waals surface area (Å²) in [5.41, 5.74) is 2.70. The van der Waals surface area contributed by atoms with Gasteiger partial charge in [0.15, 0.2) is 0 Å². The van der Waals surface area contributed by atoms with Gasteiger partial charge in [-0.05, 0) is 30.5 Å². The van der Waals surface area contributed by atoms with Gasteiger partial charge in [-0.1, -0.05) is 0 Å². The summed E-state index contributed by atoms with van der Waals surface area (Å²) in [6.07, 6.45) is 3.89. The van der Waals surface area contributed by atoms with Crippen molar-refractivity contribution in [3.8, 4) is 11.4 Å². The molecule has 4 nitrogen and oxygen atoms in total. The summed E-state index contributed by atoms with van der Waals surface area (Å²) in [5, 5.41) is 1.11. The number of thioether (sulfide) groups is 1. The van der Waals surface area contributed by atoms with Gasteiger partial charge < -0.3 is 9.97 Å². The van der Waals surface area contributed by atoms with E-state index in [1.54, 1.807) is 17.8 Å². The highest BCUT2D eigenvalue weighted by atomic mass is 32.2. The summed E-state index contributed by atoms with van der Waals surface area (Å²) >= 11 is 1.65. The SMILES string of the molecule is CSCc1cc(=O)[nH]c(-c2ccc3[nH]ccc3c2)n1. The molecular formula is C14H13N3OS. The Morgan fingerprint density at radius 1 is 1.26 bits per heavy atom. The first-order valence-corrected chi connectivity index (χ1v) is 7.32. The topological polar surface area (TPSA) is 61.5 Å². The third kappa shape index (κ3) is 2.42. The number of rotatable bonds is 3. The minimum atomic E-state index is -0.108. The first kappa shape index (κ1) is 12.0. The largest absolute Gasteiger partial charge is 0.361 e. The van der Waals surface area contributed by atoms with Crippen LogP contribution in [0.2, 0.25) is 0 Å². The van der Waals surface area contributed by atoms with Crippen molar-refractivity contribution >= 4 is 22.7 Å². The normalized spacial score (nSPS) is 11.0. The van der Waals surface area contributed by atoms with Crippen LogP contribution in [0.3, 0.4) is 0 Å². The van der Waals surface area contributed by atoms with Gasteiger partial charge in [0.1, 0.15) is 5.82 Å². The van der Waals surface area contributed by atoms with E-state index in [-0.39, 0.29) is 5.56 Å². The molecule has 0 bridgehead atoms. The number of fused-ring (bicyclic) bond motifs is 1. The third-order valence-electron chi connectivity index (χ3n) is 2.91. The Morgan fingerprint density at radius 2 is 2.16 bits per heavy atom. The number of nitrogens with zero attached hydrogens (tertiary/aromatic N) is 1. The second-order valence-electron chi connectivity index (χ2n) is 4.30. The number of aromatic nitrogens is 3.